The molecule has 0 aliphatic heterocycles. The number of pyridine rings is 3. The van der Waals surface area contributed by atoms with Crippen molar-refractivity contribution in [2.75, 3.05) is 5.32 Å². The Balaban J connectivity index is 1.44. The zero-order valence-corrected chi connectivity index (χ0v) is 16.4. The van der Waals surface area contributed by atoms with Gasteiger partial charge in [-0.25, -0.2) is 9.97 Å². The topological polar surface area (TPSA) is 63.6 Å². The summed E-state index contributed by atoms with van der Waals surface area (Å²) in [5.74, 6) is 1.46. The highest BCUT2D eigenvalue weighted by atomic mass is 32.1. The number of rotatable bonds is 4. The van der Waals surface area contributed by atoms with Gasteiger partial charge in [0.15, 0.2) is 0 Å². The fourth-order valence-electron chi connectivity index (χ4n) is 3.48. The maximum Gasteiger partial charge on any atom is 0.140 e. The highest BCUT2D eigenvalue weighted by molar-refractivity contribution is 7.18. The van der Waals surface area contributed by atoms with E-state index in [0.717, 1.165) is 39.3 Å². The number of fused-ring (bicyclic) bond motifs is 2. The van der Waals surface area contributed by atoms with E-state index in [1.807, 2.05) is 36.4 Å². The van der Waals surface area contributed by atoms with Gasteiger partial charge in [-0.2, -0.15) is 0 Å². The predicted molar refractivity (Wildman–Crippen MR) is 118 cm³/mol. The number of thiazole rings is 1. The average molecular weight is 395 g/mol. The molecule has 4 aromatic heterocycles. The van der Waals surface area contributed by atoms with Gasteiger partial charge in [-0.1, -0.05) is 6.07 Å². The largest absolute Gasteiger partial charge is 0.340 e. The van der Waals surface area contributed by atoms with Gasteiger partial charge in [0.25, 0.3) is 0 Å². The van der Waals surface area contributed by atoms with Gasteiger partial charge in [0.1, 0.15) is 5.82 Å². The van der Waals surface area contributed by atoms with E-state index in [2.05, 4.69) is 33.5 Å². The molecule has 5 nitrogen and oxygen atoms in total. The first-order valence-corrected chi connectivity index (χ1v) is 10.5. The van der Waals surface area contributed by atoms with E-state index in [1.54, 1.807) is 23.7 Å². The molecule has 6 rings (SSSR count). The van der Waals surface area contributed by atoms with Crippen molar-refractivity contribution >= 4 is 44.0 Å². The van der Waals surface area contributed by atoms with E-state index in [4.69, 9.17) is 9.97 Å². The Morgan fingerprint density at radius 3 is 2.62 bits per heavy atom. The van der Waals surface area contributed by atoms with E-state index in [-0.39, 0.29) is 0 Å². The summed E-state index contributed by atoms with van der Waals surface area (Å²) in [7, 11) is 0. The normalized spacial score (nSPS) is 13.8. The van der Waals surface area contributed by atoms with E-state index in [0.29, 0.717) is 5.92 Å². The second kappa shape index (κ2) is 6.60. The first-order valence-electron chi connectivity index (χ1n) is 9.68. The Kier molecular flexibility index (Phi) is 3.77. The fraction of sp³-hybridized carbons (Fsp3) is 0.130. The van der Waals surface area contributed by atoms with E-state index in [1.165, 1.54) is 22.5 Å². The number of anilines is 2. The van der Waals surface area contributed by atoms with Crippen LogP contribution in [0.25, 0.3) is 32.5 Å². The number of hydrogen-bond donors (Lipinski definition) is 1. The maximum atomic E-state index is 4.86. The number of nitrogens with zero attached hydrogens (tertiary/aromatic N) is 4. The van der Waals surface area contributed by atoms with Crippen molar-refractivity contribution in [2.24, 2.45) is 0 Å². The molecule has 0 amide bonds. The summed E-state index contributed by atoms with van der Waals surface area (Å²) >= 11 is 1.80. The van der Waals surface area contributed by atoms with Crippen LogP contribution in [0.15, 0.2) is 67.0 Å². The van der Waals surface area contributed by atoms with Crippen LogP contribution in [0.1, 0.15) is 23.8 Å². The molecule has 1 aliphatic carbocycles. The lowest BCUT2D eigenvalue weighted by Gasteiger charge is -2.11. The van der Waals surface area contributed by atoms with Gasteiger partial charge in [0.05, 0.1) is 32.1 Å². The van der Waals surface area contributed by atoms with Crippen molar-refractivity contribution in [1.82, 2.24) is 19.9 Å². The minimum Gasteiger partial charge on any atom is -0.340 e. The number of hydrogen-bond acceptors (Lipinski definition) is 6. The molecule has 1 saturated carbocycles. The fourth-order valence-corrected chi connectivity index (χ4v) is 4.65. The third-order valence-corrected chi connectivity index (χ3v) is 6.30. The second-order valence-electron chi connectivity index (χ2n) is 7.28. The minimum absolute atomic E-state index is 0.676. The van der Waals surface area contributed by atoms with Gasteiger partial charge in [0, 0.05) is 29.4 Å². The monoisotopic (exact) mass is 395 g/mol. The maximum absolute atomic E-state index is 4.86. The lowest BCUT2D eigenvalue weighted by molar-refractivity contribution is 1.10. The molecule has 140 valence electrons. The molecule has 0 spiro atoms. The Labute approximate surface area is 171 Å². The summed E-state index contributed by atoms with van der Waals surface area (Å²) in [4.78, 5) is 18.6. The van der Waals surface area contributed by atoms with Crippen molar-refractivity contribution < 1.29 is 0 Å². The first kappa shape index (κ1) is 16.6. The van der Waals surface area contributed by atoms with Crippen molar-refractivity contribution in [3.63, 3.8) is 0 Å². The van der Waals surface area contributed by atoms with Gasteiger partial charge in [-0.3, -0.25) is 9.97 Å². The molecule has 1 aromatic carbocycles. The molecule has 1 N–H and O–H groups in total. The zero-order valence-electron chi connectivity index (χ0n) is 15.5. The van der Waals surface area contributed by atoms with Crippen LogP contribution >= 0.6 is 11.3 Å². The standard InChI is InChI=1S/C23H17N5S/c1-2-10-24-17(5-1)20-13-19-16(4-3-11-25-19)22(27-20)26-15-8-9-18-21(12-15)29-23(28-18)14-6-7-14/h1-5,8-14H,6-7H2,(H,26,27). The predicted octanol–water partition coefficient (Wildman–Crippen LogP) is 5.92. The lowest BCUT2D eigenvalue weighted by atomic mass is 10.1. The molecule has 5 aromatic rings. The van der Waals surface area contributed by atoms with E-state index < -0.39 is 0 Å². The SMILES string of the molecule is c1ccc(-c2cc3ncccc3c(Nc3ccc4nc(C5CC5)sc4c3)n2)nc1. The van der Waals surface area contributed by atoms with Crippen LogP contribution in [0.3, 0.4) is 0 Å². The third kappa shape index (κ3) is 3.11. The van der Waals surface area contributed by atoms with Gasteiger partial charge in [-0.05, 0) is 61.4 Å². The average Bonchev–Trinajstić information content (AvgIpc) is 3.53. The van der Waals surface area contributed by atoms with Crippen LogP contribution < -0.4 is 5.32 Å². The van der Waals surface area contributed by atoms with Crippen LogP contribution in [0, 0.1) is 0 Å². The second-order valence-corrected chi connectivity index (χ2v) is 8.34. The van der Waals surface area contributed by atoms with Gasteiger partial charge in [0.2, 0.25) is 0 Å². The van der Waals surface area contributed by atoms with Crippen LogP contribution in [-0.2, 0) is 0 Å². The number of benzene rings is 1. The van der Waals surface area contributed by atoms with Crippen LogP contribution in [0.5, 0.6) is 0 Å². The van der Waals surface area contributed by atoms with Crippen molar-refractivity contribution in [2.45, 2.75) is 18.8 Å². The molecule has 6 heteroatoms. The highest BCUT2D eigenvalue weighted by Crippen LogP contribution is 2.43. The van der Waals surface area contributed by atoms with E-state index in [9.17, 15) is 0 Å². The molecule has 0 saturated heterocycles. The van der Waals surface area contributed by atoms with Crippen molar-refractivity contribution in [3.8, 4) is 11.4 Å². The summed E-state index contributed by atoms with van der Waals surface area (Å²) in [5, 5.41) is 5.75. The van der Waals surface area contributed by atoms with Crippen LogP contribution in [-0.4, -0.2) is 19.9 Å². The Bertz CT molecular complexity index is 1340. The number of nitrogens with one attached hydrogen (secondary N) is 1. The molecule has 1 aliphatic rings. The molecule has 4 heterocycles. The summed E-state index contributed by atoms with van der Waals surface area (Å²) < 4.78 is 1.21. The van der Waals surface area contributed by atoms with Gasteiger partial charge < -0.3 is 5.32 Å². The third-order valence-electron chi connectivity index (χ3n) is 5.12. The molecule has 0 unspecified atom stereocenters. The van der Waals surface area contributed by atoms with Crippen LogP contribution in [0.4, 0.5) is 11.5 Å². The molecule has 29 heavy (non-hydrogen) atoms. The Hall–Kier alpha value is -3.38. The summed E-state index contributed by atoms with van der Waals surface area (Å²) in [6.07, 6.45) is 6.13. The lowest BCUT2D eigenvalue weighted by Crippen LogP contribution is -1.98. The van der Waals surface area contributed by atoms with Gasteiger partial charge in [-0.15, -0.1) is 11.3 Å². The minimum atomic E-state index is 0.676. The Morgan fingerprint density at radius 2 is 1.76 bits per heavy atom. The van der Waals surface area contributed by atoms with Gasteiger partial charge >= 0.3 is 0 Å². The van der Waals surface area contributed by atoms with Crippen molar-refractivity contribution in [3.05, 3.63) is 72.0 Å². The smallest absolute Gasteiger partial charge is 0.140 e. The quantitative estimate of drug-likeness (QED) is 0.409. The van der Waals surface area contributed by atoms with Crippen molar-refractivity contribution in [1.29, 1.82) is 0 Å². The molecule has 0 atom stereocenters. The highest BCUT2D eigenvalue weighted by Gasteiger charge is 2.27. The Morgan fingerprint density at radius 1 is 0.828 bits per heavy atom. The molecule has 1 fully saturated rings. The molecular formula is C23H17N5S. The molecule has 0 radical (unpaired) electrons. The summed E-state index contributed by atoms with van der Waals surface area (Å²) in [5.41, 5.74) is 4.59. The van der Waals surface area contributed by atoms with Crippen LogP contribution in [0.2, 0.25) is 0 Å². The first-order chi connectivity index (χ1) is 14.3. The number of aromatic nitrogens is 4. The molecule has 0 bridgehead atoms. The summed E-state index contributed by atoms with van der Waals surface area (Å²) in [6, 6.07) is 18.1. The molecular weight excluding hydrogens is 378 g/mol. The zero-order chi connectivity index (χ0) is 19.2. The van der Waals surface area contributed by atoms with E-state index >= 15 is 0 Å². The summed E-state index contributed by atoms with van der Waals surface area (Å²) in [6.45, 7) is 0.